The Morgan fingerprint density at radius 1 is 1.41 bits per heavy atom. The number of aryl methyl sites for hydroxylation is 1. The Hall–Kier alpha value is -2.74. The zero-order valence-corrected chi connectivity index (χ0v) is 15.2. The molecule has 1 saturated carbocycles. The van der Waals surface area contributed by atoms with Gasteiger partial charge < -0.3 is 5.11 Å². The number of nitro groups is 1. The van der Waals surface area contributed by atoms with Crippen molar-refractivity contribution in [2.45, 2.75) is 25.8 Å². The predicted molar refractivity (Wildman–Crippen MR) is 98.0 cm³/mol. The van der Waals surface area contributed by atoms with Crippen LogP contribution in [-0.2, 0) is 18.4 Å². The summed E-state index contributed by atoms with van der Waals surface area (Å²) in [6.07, 6.45) is 4.67. The number of aromatic nitrogens is 2. The van der Waals surface area contributed by atoms with Crippen LogP contribution in [0.2, 0.25) is 0 Å². The van der Waals surface area contributed by atoms with E-state index < -0.39 is 16.3 Å². The summed E-state index contributed by atoms with van der Waals surface area (Å²) < 4.78 is 1.73. The van der Waals surface area contributed by atoms with Crippen molar-refractivity contribution in [2.75, 3.05) is 13.1 Å². The molecule has 1 aromatic carbocycles. The monoisotopic (exact) mass is 370 g/mol. The van der Waals surface area contributed by atoms with Gasteiger partial charge in [0.1, 0.15) is 0 Å². The summed E-state index contributed by atoms with van der Waals surface area (Å²) >= 11 is 0. The van der Waals surface area contributed by atoms with E-state index in [1.165, 1.54) is 12.1 Å². The molecule has 8 nitrogen and oxygen atoms in total. The maximum atomic E-state index is 11.9. The first-order chi connectivity index (χ1) is 12.9. The van der Waals surface area contributed by atoms with Crippen LogP contribution in [0.15, 0.2) is 30.5 Å². The second-order valence-corrected chi connectivity index (χ2v) is 7.70. The summed E-state index contributed by atoms with van der Waals surface area (Å²) in [7, 11) is 1.84. The van der Waals surface area contributed by atoms with Crippen molar-refractivity contribution in [1.29, 1.82) is 0 Å². The minimum Gasteiger partial charge on any atom is -0.481 e. The van der Waals surface area contributed by atoms with Gasteiger partial charge in [0.2, 0.25) is 0 Å². The molecule has 2 aromatic rings. The second kappa shape index (κ2) is 6.45. The molecule has 2 aliphatic rings. The predicted octanol–water partition coefficient (Wildman–Crippen LogP) is 2.68. The van der Waals surface area contributed by atoms with Gasteiger partial charge in [-0.2, -0.15) is 5.10 Å². The molecule has 0 radical (unpaired) electrons. The molecule has 0 unspecified atom stereocenters. The normalized spacial score (nSPS) is 24.9. The topological polar surface area (TPSA) is 102 Å². The van der Waals surface area contributed by atoms with Crippen molar-refractivity contribution in [3.8, 4) is 11.3 Å². The summed E-state index contributed by atoms with van der Waals surface area (Å²) in [6, 6.07) is 6.38. The van der Waals surface area contributed by atoms with Crippen molar-refractivity contribution in [3.63, 3.8) is 0 Å². The van der Waals surface area contributed by atoms with E-state index >= 15 is 0 Å². The third-order valence-corrected chi connectivity index (χ3v) is 6.02. The van der Waals surface area contributed by atoms with E-state index in [9.17, 15) is 20.0 Å². The number of hydrogen-bond donors (Lipinski definition) is 1. The van der Waals surface area contributed by atoms with Crippen LogP contribution in [-0.4, -0.2) is 43.8 Å². The maximum absolute atomic E-state index is 11.9. The molecule has 1 aliphatic heterocycles. The molecule has 142 valence electrons. The lowest BCUT2D eigenvalue weighted by atomic mass is 9.81. The Labute approximate surface area is 156 Å². The lowest BCUT2D eigenvalue weighted by molar-refractivity contribution is -0.384. The molecular weight excluding hydrogens is 348 g/mol. The van der Waals surface area contributed by atoms with Gasteiger partial charge in [0, 0.05) is 56.1 Å². The van der Waals surface area contributed by atoms with E-state index in [1.807, 2.05) is 13.2 Å². The van der Waals surface area contributed by atoms with E-state index in [2.05, 4.69) is 10.00 Å². The highest BCUT2D eigenvalue weighted by atomic mass is 16.6. The minimum absolute atomic E-state index is 0.0481. The van der Waals surface area contributed by atoms with Gasteiger partial charge in [0.05, 0.1) is 16.0 Å². The van der Waals surface area contributed by atoms with Gasteiger partial charge in [-0.05, 0) is 30.9 Å². The summed E-state index contributed by atoms with van der Waals surface area (Å²) in [5.74, 6) is -0.455. The fraction of sp³-hybridized carbons (Fsp3) is 0.474. The van der Waals surface area contributed by atoms with Crippen molar-refractivity contribution in [3.05, 3.63) is 46.1 Å². The van der Waals surface area contributed by atoms with Crippen LogP contribution in [0.4, 0.5) is 5.69 Å². The molecule has 0 bridgehead atoms. The van der Waals surface area contributed by atoms with Crippen molar-refractivity contribution in [2.24, 2.45) is 18.4 Å². The number of hydrogen-bond acceptors (Lipinski definition) is 5. The maximum Gasteiger partial charge on any atom is 0.311 e. The first-order valence-corrected chi connectivity index (χ1v) is 9.12. The van der Waals surface area contributed by atoms with Crippen LogP contribution in [0.5, 0.6) is 0 Å². The molecule has 8 heteroatoms. The average Bonchev–Trinajstić information content (AvgIpc) is 3.28. The highest BCUT2D eigenvalue weighted by molar-refractivity contribution is 5.76. The molecule has 0 spiro atoms. The van der Waals surface area contributed by atoms with Crippen molar-refractivity contribution < 1.29 is 14.8 Å². The third kappa shape index (κ3) is 2.99. The van der Waals surface area contributed by atoms with Crippen LogP contribution in [0.3, 0.4) is 0 Å². The molecule has 1 aromatic heterocycles. The summed E-state index contributed by atoms with van der Waals surface area (Å²) in [6.45, 7) is 1.99. The van der Waals surface area contributed by atoms with Gasteiger partial charge >= 0.3 is 5.97 Å². The fourth-order valence-corrected chi connectivity index (χ4v) is 4.74. The molecule has 1 saturated heterocycles. The number of carbonyl (C=O) groups is 1. The summed E-state index contributed by atoms with van der Waals surface area (Å²) in [4.78, 5) is 24.5. The van der Waals surface area contributed by atoms with Gasteiger partial charge in [0.25, 0.3) is 5.69 Å². The van der Waals surface area contributed by atoms with Crippen LogP contribution >= 0.6 is 0 Å². The smallest absolute Gasteiger partial charge is 0.311 e. The number of nitro benzene ring substituents is 1. The molecule has 0 amide bonds. The van der Waals surface area contributed by atoms with E-state index in [1.54, 1.807) is 16.8 Å². The number of likely N-dealkylation sites (tertiary alicyclic amines) is 1. The number of fused-ring (bicyclic) bond motifs is 1. The van der Waals surface area contributed by atoms with Crippen molar-refractivity contribution in [1.82, 2.24) is 14.7 Å². The number of carboxylic acids is 1. The van der Waals surface area contributed by atoms with E-state index in [4.69, 9.17) is 0 Å². The Bertz CT molecular complexity index is 892. The minimum atomic E-state index is -0.672. The molecular formula is C19H22N4O4. The van der Waals surface area contributed by atoms with Gasteiger partial charge in [-0.3, -0.25) is 24.5 Å². The van der Waals surface area contributed by atoms with Crippen LogP contribution in [0.1, 0.15) is 24.8 Å². The van der Waals surface area contributed by atoms with E-state index in [0.717, 1.165) is 42.6 Å². The van der Waals surface area contributed by atoms with E-state index in [-0.39, 0.29) is 11.6 Å². The fourth-order valence-electron chi connectivity index (χ4n) is 4.74. The lowest BCUT2D eigenvalue weighted by Gasteiger charge is -2.23. The molecule has 27 heavy (non-hydrogen) atoms. The van der Waals surface area contributed by atoms with Crippen molar-refractivity contribution >= 4 is 11.7 Å². The Balaban J connectivity index is 1.57. The van der Waals surface area contributed by atoms with Crippen LogP contribution in [0, 0.1) is 21.4 Å². The highest BCUT2D eigenvalue weighted by Crippen LogP contribution is 2.49. The Morgan fingerprint density at radius 3 is 2.78 bits per heavy atom. The van der Waals surface area contributed by atoms with Gasteiger partial charge in [-0.1, -0.05) is 6.42 Å². The number of aliphatic carboxylic acids is 1. The lowest BCUT2D eigenvalue weighted by Crippen LogP contribution is -2.35. The molecule has 4 rings (SSSR count). The number of carboxylic acid groups (broad SMARTS) is 1. The SMILES string of the molecule is Cn1cc(CN2C[C@@H]3CCC[C@@]3(C(=O)O)C2)c(-c2ccc([N+](=O)[O-])cc2)n1. The largest absolute Gasteiger partial charge is 0.481 e. The van der Waals surface area contributed by atoms with Gasteiger partial charge in [0.15, 0.2) is 0 Å². The standard InChI is InChI=1S/C19H22N4O4/c1-21-9-14(17(20-21)13-4-6-16(7-5-13)23(26)27)10-22-11-15-3-2-8-19(15,12-22)18(24)25/h4-7,9,15H,2-3,8,10-12H2,1H3,(H,24,25)/t15-,19+/m0/s1. The van der Waals surface area contributed by atoms with Crippen LogP contribution < -0.4 is 0 Å². The number of benzene rings is 1. The summed E-state index contributed by atoms with van der Waals surface area (Å²) in [5.41, 5.74) is 2.06. The number of nitrogens with zero attached hydrogens (tertiary/aromatic N) is 4. The first kappa shape index (κ1) is 17.7. The quantitative estimate of drug-likeness (QED) is 0.641. The third-order valence-electron chi connectivity index (χ3n) is 6.02. The second-order valence-electron chi connectivity index (χ2n) is 7.70. The van der Waals surface area contributed by atoms with Crippen LogP contribution in [0.25, 0.3) is 11.3 Å². The summed E-state index contributed by atoms with van der Waals surface area (Å²) in [5, 5.41) is 25.2. The zero-order valence-electron chi connectivity index (χ0n) is 15.2. The molecule has 2 fully saturated rings. The Kier molecular flexibility index (Phi) is 4.22. The zero-order chi connectivity index (χ0) is 19.2. The van der Waals surface area contributed by atoms with E-state index in [0.29, 0.717) is 13.1 Å². The highest BCUT2D eigenvalue weighted by Gasteiger charge is 2.54. The average molecular weight is 370 g/mol. The van der Waals surface area contributed by atoms with Gasteiger partial charge in [-0.25, -0.2) is 0 Å². The number of rotatable bonds is 5. The molecule has 2 heterocycles. The first-order valence-electron chi connectivity index (χ1n) is 9.12. The molecule has 1 aliphatic carbocycles. The molecule has 2 atom stereocenters. The number of non-ortho nitro benzene ring substituents is 1. The van der Waals surface area contributed by atoms with Gasteiger partial charge in [-0.15, -0.1) is 0 Å². The molecule has 1 N–H and O–H groups in total. The Morgan fingerprint density at radius 2 is 2.15 bits per heavy atom.